The fraction of sp³-hybridized carbons (Fsp3) is 0.524. The Morgan fingerprint density at radius 2 is 1.88 bits per heavy atom. The van der Waals surface area contributed by atoms with E-state index in [4.69, 9.17) is 4.98 Å². The zero-order chi connectivity index (χ0) is 17.7. The van der Waals surface area contributed by atoms with Gasteiger partial charge in [0.05, 0.1) is 11.1 Å². The number of aryl methyl sites for hydroxylation is 2. The number of likely N-dealkylation sites (tertiary alicyclic amines) is 1. The predicted molar refractivity (Wildman–Crippen MR) is 101 cm³/mol. The van der Waals surface area contributed by atoms with E-state index in [1.807, 2.05) is 19.9 Å². The molecule has 4 rings (SSSR count). The highest BCUT2D eigenvalue weighted by molar-refractivity contribution is 6.07. The number of benzene rings is 1. The normalized spacial score (nSPS) is 23.9. The van der Waals surface area contributed by atoms with Crippen molar-refractivity contribution in [2.75, 3.05) is 20.1 Å². The van der Waals surface area contributed by atoms with Gasteiger partial charge < -0.3 is 4.90 Å². The van der Waals surface area contributed by atoms with Crippen molar-refractivity contribution >= 4 is 16.8 Å². The number of aromatic nitrogens is 1. The van der Waals surface area contributed by atoms with Gasteiger partial charge in [0.25, 0.3) is 5.91 Å². The van der Waals surface area contributed by atoms with Crippen LogP contribution in [0.25, 0.3) is 10.9 Å². The van der Waals surface area contributed by atoms with E-state index in [1.54, 1.807) is 0 Å². The van der Waals surface area contributed by atoms with E-state index < -0.39 is 0 Å². The van der Waals surface area contributed by atoms with E-state index in [2.05, 4.69) is 35.9 Å². The summed E-state index contributed by atoms with van der Waals surface area (Å²) in [6, 6.07) is 7.36. The molecule has 1 amide bonds. The summed E-state index contributed by atoms with van der Waals surface area (Å²) >= 11 is 0. The van der Waals surface area contributed by atoms with E-state index in [-0.39, 0.29) is 5.91 Å². The molecule has 2 aliphatic rings. The molecule has 1 aromatic carbocycles. The van der Waals surface area contributed by atoms with Crippen molar-refractivity contribution in [2.24, 2.45) is 0 Å². The molecule has 0 spiro atoms. The zero-order valence-electron chi connectivity index (χ0n) is 15.7. The number of amides is 1. The first-order valence-electron chi connectivity index (χ1n) is 9.34. The molecule has 3 heterocycles. The summed E-state index contributed by atoms with van der Waals surface area (Å²) < 4.78 is 0. The van der Waals surface area contributed by atoms with Gasteiger partial charge in [0.2, 0.25) is 0 Å². The largest absolute Gasteiger partial charge is 0.337 e. The van der Waals surface area contributed by atoms with Crippen molar-refractivity contribution < 1.29 is 4.79 Å². The van der Waals surface area contributed by atoms with Crippen LogP contribution in [0, 0.1) is 20.8 Å². The van der Waals surface area contributed by atoms with Crippen LogP contribution in [0.5, 0.6) is 0 Å². The van der Waals surface area contributed by atoms with Crippen LogP contribution >= 0.6 is 0 Å². The lowest BCUT2D eigenvalue weighted by Gasteiger charge is -2.27. The Balaban J connectivity index is 1.77. The number of hydrogen-bond acceptors (Lipinski definition) is 3. The van der Waals surface area contributed by atoms with Crippen molar-refractivity contribution in [3.05, 3.63) is 40.6 Å². The summed E-state index contributed by atoms with van der Waals surface area (Å²) in [4.78, 5) is 22.8. The van der Waals surface area contributed by atoms with E-state index in [0.717, 1.165) is 47.2 Å². The minimum Gasteiger partial charge on any atom is -0.337 e. The smallest absolute Gasteiger partial charge is 0.254 e. The average molecular weight is 337 g/mol. The molecule has 2 atom stereocenters. The molecule has 0 aliphatic carbocycles. The molecule has 2 bridgehead atoms. The summed E-state index contributed by atoms with van der Waals surface area (Å²) in [5.41, 5.74) is 4.91. The molecule has 0 radical (unpaired) electrons. The third-order valence-corrected chi connectivity index (χ3v) is 6.28. The van der Waals surface area contributed by atoms with Crippen LogP contribution in [0.4, 0.5) is 0 Å². The number of rotatable bonds is 1. The van der Waals surface area contributed by atoms with Gasteiger partial charge in [0.15, 0.2) is 0 Å². The number of nitrogens with zero attached hydrogens (tertiary/aromatic N) is 3. The zero-order valence-corrected chi connectivity index (χ0v) is 15.7. The number of hydrogen-bond donors (Lipinski definition) is 0. The molecule has 2 saturated heterocycles. The van der Waals surface area contributed by atoms with Crippen LogP contribution in [0.3, 0.4) is 0 Å². The minimum absolute atomic E-state index is 0.180. The number of fused-ring (bicyclic) bond motifs is 3. The summed E-state index contributed by atoms with van der Waals surface area (Å²) in [6.07, 6.45) is 3.57. The number of carbonyl (C=O) groups excluding carboxylic acids is 1. The van der Waals surface area contributed by atoms with Gasteiger partial charge in [-0.25, -0.2) is 0 Å². The van der Waals surface area contributed by atoms with Crippen LogP contribution in [0.1, 0.15) is 46.4 Å². The minimum atomic E-state index is 0.180. The van der Waals surface area contributed by atoms with Gasteiger partial charge in [0, 0.05) is 36.3 Å². The maximum Gasteiger partial charge on any atom is 0.254 e. The molecule has 4 nitrogen and oxygen atoms in total. The van der Waals surface area contributed by atoms with Crippen molar-refractivity contribution in [1.82, 2.24) is 14.8 Å². The lowest BCUT2D eigenvalue weighted by molar-refractivity contribution is 0.0741. The van der Waals surface area contributed by atoms with Gasteiger partial charge in [-0.05, 0) is 64.8 Å². The number of pyridine rings is 1. The van der Waals surface area contributed by atoms with E-state index in [1.165, 1.54) is 18.4 Å². The second-order valence-electron chi connectivity index (χ2n) is 7.81. The fourth-order valence-corrected chi connectivity index (χ4v) is 4.52. The topological polar surface area (TPSA) is 36.4 Å². The molecule has 4 heteroatoms. The molecule has 2 aromatic rings. The third kappa shape index (κ3) is 2.73. The molecule has 0 unspecified atom stereocenters. The number of likely N-dealkylation sites (N-methyl/N-ethyl adjacent to an activating group) is 1. The first kappa shape index (κ1) is 16.5. The van der Waals surface area contributed by atoms with Crippen molar-refractivity contribution in [1.29, 1.82) is 0 Å². The van der Waals surface area contributed by atoms with Crippen molar-refractivity contribution in [2.45, 2.75) is 52.1 Å². The summed E-state index contributed by atoms with van der Waals surface area (Å²) in [6.45, 7) is 7.82. The Kier molecular flexibility index (Phi) is 4.03. The Morgan fingerprint density at radius 1 is 1.12 bits per heavy atom. The van der Waals surface area contributed by atoms with Gasteiger partial charge in [-0.15, -0.1) is 0 Å². The second-order valence-corrected chi connectivity index (χ2v) is 7.81. The van der Waals surface area contributed by atoms with Crippen LogP contribution < -0.4 is 0 Å². The third-order valence-electron chi connectivity index (χ3n) is 6.28. The van der Waals surface area contributed by atoms with E-state index in [9.17, 15) is 4.79 Å². The molecule has 0 N–H and O–H groups in total. The lowest BCUT2D eigenvalue weighted by atomic mass is 9.98. The van der Waals surface area contributed by atoms with Crippen molar-refractivity contribution in [3.63, 3.8) is 0 Å². The molecule has 132 valence electrons. The van der Waals surface area contributed by atoms with Crippen LogP contribution in [-0.2, 0) is 0 Å². The second kappa shape index (κ2) is 6.10. The Morgan fingerprint density at radius 3 is 2.68 bits per heavy atom. The molecule has 0 saturated carbocycles. The SMILES string of the molecule is Cc1ccc2nc(C)c(C)c(C(=O)N3CC[C@@H]4CC[C@H](C3)N4C)c2c1. The summed E-state index contributed by atoms with van der Waals surface area (Å²) in [5.74, 6) is 0.180. The fourth-order valence-electron chi connectivity index (χ4n) is 4.52. The monoisotopic (exact) mass is 337 g/mol. The van der Waals surface area contributed by atoms with Gasteiger partial charge >= 0.3 is 0 Å². The molecule has 2 aliphatic heterocycles. The predicted octanol–water partition coefficient (Wildman–Crippen LogP) is 3.47. The standard InChI is InChI=1S/C21H27N3O/c1-13-5-8-19-18(11-13)20(14(2)15(3)22-19)21(25)24-10-9-16-6-7-17(12-24)23(16)4/h5,8,11,16-17H,6-7,9-10,12H2,1-4H3/t16-,17+/m0/s1. The Hall–Kier alpha value is -1.94. The summed E-state index contributed by atoms with van der Waals surface area (Å²) in [5, 5.41) is 0.996. The van der Waals surface area contributed by atoms with Gasteiger partial charge in [-0.1, -0.05) is 11.6 Å². The highest BCUT2D eigenvalue weighted by Gasteiger charge is 2.36. The number of carbonyl (C=O) groups is 1. The molecule has 2 fully saturated rings. The van der Waals surface area contributed by atoms with Crippen molar-refractivity contribution in [3.8, 4) is 0 Å². The highest BCUT2D eigenvalue weighted by atomic mass is 16.2. The van der Waals surface area contributed by atoms with Gasteiger partial charge in [0.1, 0.15) is 0 Å². The summed E-state index contributed by atoms with van der Waals surface area (Å²) in [7, 11) is 2.22. The van der Waals surface area contributed by atoms with Crippen LogP contribution in [-0.4, -0.2) is 52.9 Å². The Labute approximate surface area is 149 Å². The Bertz CT molecular complexity index is 845. The molecule has 25 heavy (non-hydrogen) atoms. The van der Waals surface area contributed by atoms with E-state index in [0.29, 0.717) is 12.1 Å². The van der Waals surface area contributed by atoms with Crippen LogP contribution in [0.2, 0.25) is 0 Å². The maximum atomic E-state index is 13.5. The van der Waals surface area contributed by atoms with Crippen LogP contribution in [0.15, 0.2) is 18.2 Å². The molecular formula is C21H27N3O. The quantitative estimate of drug-likeness (QED) is 0.799. The maximum absolute atomic E-state index is 13.5. The first-order valence-corrected chi connectivity index (χ1v) is 9.34. The molecular weight excluding hydrogens is 310 g/mol. The highest BCUT2D eigenvalue weighted by Crippen LogP contribution is 2.31. The lowest BCUT2D eigenvalue weighted by Crippen LogP contribution is -2.40. The first-order chi connectivity index (χ1) is 12.0. The van der Waals surface area contributed by atoms with Gasteiger partial charge in [-0.2, -0.15) is 0 Å². The average Bonchev–Trinajstić information content (AvgIpc) is 2.81. The molecule has 1 aromatic heterocycles. The van der Waals surface area contributed by atoms with Gasteiger partial charge in [-0.3, -0.25) is 14.7 Å². The van der Waals surface area contributed by atoms with E-state index >= 15 is 0 Å².